The Morgan fingerprint density at radius 2 is 2.23 bits per heavy atom. The molecule has 1 heterocycles. The van der Waals surface area contributed by atoms with Crippen LogP contribution in [0, 0.1) is 5.92 Å². The molecule has 0 aliphatic carbocycles. The zero-order valence-electron chi connectivity index (χ0n) is 12.6. The lowest BCUT2D eigenvalue weighted by Crippen LogP contribution is -2.30. The van der Waals surface area contributed by atoms with Crippen molar-refractivity contribution < 1.29 is 23.0 Å². The molecule has 1 aromatic carbocycles. The number of hydrogen-bond donors (Lipinski definition) is 1. The van der Waals surface area contributed by atoms with E-state index in [1.165, 1.54) is 25.3 Å². The molecule has 1 aliphatic heterocycles. The fourth-order valence-electron chi connectivity index (χ4n) is 2.65. The van der Waals surface area contributed by atoms with Crippen molar-refractivity contribution in [1.82, 2.24) is 10.2 Å². The molecule has 1 aliphatic rings. The Morgan fingerprint density at radius 1 is 1.45 bits per heavy atom. The van der Waals surface area contributed by atoms with Gasteiger partial charge in [0.05, 0.1) is 7.11 Å². The summed E-state index contributed by atoms with van der Waals surface area (Å²) in [5.74, 6) is 0.360. The highest BCUT2D eigenvalue weighted by atomic mass is 19.3. The third kappa shape index (κ3) is 3.85. The molecule has 22 heavy (non-hydrogen) atoms. The van der Waals surface area contributed by atoms with E-state index in [4.69, 9.17) is 4.74 Å². The average Bonchev–Trinajstić information content (AvgIpc) is 2.95. The summed E-state index contributed by atoms with van der Waals surface area (Å²) in [5, 5.41) is 3.11. The molecule has 1 unspecified atom stereocenters. The van der Waals surface area contributed by atoms with Crippen molar-refractivity contribution in [2.75, 3.05) is 33.8 Å². The number of rotatable bonds is 6. The van der Waals surface area contributed by atoms with Crippen LogP contribution in [0.3, 0.4) is 0 Å². The van der Waals surface area contributed by atoms with Gasteiger partial charge >= 0.3 is 6.61 Å². The van der Waals surface area contributed by atoms with Crippen LogP contribution in [0.25, 0.3) is 0 Å². The minimum atomic E-state index is -2.93. The molecule has 7 heteroatoms. The first-order chi connectivity index (χ1) is 10.5. The topological polar surface area (TPSA) is 50.8 Å². The molecule has 1 aromatic rings. The molecule has 0 bridgehead atoms. The molecule has 2 rings (SSSR count). The number of likely N-dealkylation sites (tertiary alicyclic amines) is 1. The van der Waals surface area contributed by atoms with E-state index in [2.05, 4.69) is 10.1 Å². The molecule has 0 radical (unpaired) electrons. The van der Waals surface area contributed by atoms with E-state index in [1.54, 1.807) is 4.90 Å². The van der Waals surface area contributed by atoms with Gasteiger partial charge in [0.15, 0.2) is 11.5 Å². The molecule has 122 valence electrons. The maximum absolute atomic E-state index is 12.5. The number of hydrogen-bond acceptors (Lipinski definition) is 4. The Balaban J connectivity index is 2.10. The predicted octanol–water partition coefficient (Wildman–Crippen LogP) is 1.98. The minimum Gasteiger partial charge on any atom is -0.493 e. The van der Waals surface area contributed by atoms with Gasteiger partial charge in [-0.25, -0.2) is 0 Å². The van der Waals surface area contributed by atoms with E-state index in [0.29, 0.717) is 24.6 Å². The van der Waals surface area contributed by atoms with Crippen LogP contribution in [0.1, 0.15) is 16.8 Å². The first-order valence-electron chi connectivity index (χ1n) is 7.12. The normalized spacial score (nSPS) is 17.9. The highest BCUT2D eigenvalue weighted by molar-refractivity contribution is 5.95. The first kappa shape index (κ1) is 16.5. The van der Waals surface area contributed by atoms with Crippen LogP contribution in [-0.2, 0) is 0 Å². The van der Waals surface area contributed by atoms with E-state index in [-0.39, 0.29) is 17.4 Å². The van der Waals surface area contributed by atoms with E-state index >= 15 is 0 Å². The van der Waals surface area contributed by atoms with Crippen LogP contribution in [-0.4, -0.2) is 51.2 Å². The van der Waals surface area contributed by atoms with Gasteiger partial charge < -0.3 is 19.7 Å². The molecular formula is C15H20F2N2O3. The molecule has 5 nitrogen and oxygen atoms in total. The van der Waals surface area contributed by atoms with Gasteiger partial charge in [0.1, 0.15) is 0 Å². The monoisotopic (exact) mass is 314 g/mol. The number of nitrogens with one attached hydrogen (secondary N) is 1. The van der Waals surface area contributed by atoms with E-state index in [1.807, 2.05) is 7.05 Å². The molecule has 1 N–H and O–H groups in total. The largest absolute Gasteiger partial charge is 0.493 e. The lowest BCUT2D eigenvalue weighted by atomic mass is 10.1. The second-order valence-electron chi connectivity index (χ2n) is 5.21. The summed E-state index contributed by atoms with van der Waals surface area (Å²) in [6.07, 6.45) is 0.955. The summed E-state index contributed by atoms with van der Waals surface area (Å²) >= 11 is 0. The second-order valence-corrected chi connectivity index (χ2v) is 5.21. The fraction of sp³-hybridized carbons (Fsp3) is 0.533. The van der Waals surface area contributed by atoms with Gasteiger partial charge in [0, 0.05) is 18.7 Å². The van der Waals surface area contributed by atoms with Crippen LogP contribution < -0.4 is 14.8 Å². The number of carbonyl (C=O) groups excluding carboxylic acids is 1. The van der Waals surface area contributed by atoms with E-state index in [9.17, 15) is 13.6 Å². The molecule has 0 aromatic heterocycles. The Hall–Kier alpha value is -1.89. The lowest BCUT2D eigenvalue weighted by molar-refractivity contribution is -0.0512. The number of carbonyl (C=O) groups is 1. The van der Waals surface area contributed by atoms with Crippen LogP contribution >= 0.6 is 0 Å². The van der Waals surface area contributed by atoms with Gasteiger partial charge in [0.2, 0.25) is 0 Å². The molecule has 1 fully saturated rings. The second kappa shape index (κ2) is 7.40. The molecule has 1 atom stereocenters. The molecule has 0 saturated carbocycles. The van der Waals surface area contributed by atoms with Crippen molar-refractivity contribution >= 4 is 5.91 Å². The summed E-state index contributed by atoms with van der Waals surface area (Å²) in [4.78, 5) is 14.2. The SMILES string of the molecule is CNCC1CCN(C(=O)c2ccc(OC(F)F)c(OC)c2)C1. The summed E-state index contributed by atoms with van der Waals surface area (Å²) in [6.45, 7) is -0.676. The zero-order valence-corrected chi connectivity index (χ0v) is 12.6. The number of benzene rings is 1. The fourth-order valence-corrected chi connectivity index (χ4v) is 2.65. The van der Waals surface area contributed by atoms with Gasteiger partial charge in [-0.05, 0) is 44.1 Å². The van der Waals surface area contributed by atoms with Gasteiger partial charge in [-0.1, -0.05) is 0 Å². The molecular weight excluding hydrogens is 294 g/mol. The Labute approximate surface area is 128 Å². The number of nitrogens with zero attached hydrogens (tertiary/aromatic N) is 1. The smallest absolute Gasteiger partial charge is 0.387 e. The molecule has 1 amide bonds. The van der Waals surface area contributed by atoms with Gasteiger partial charge in [-0.15, -0.1) is 0 Å². The summed E-state index contributed by atoms with van der Waals surface area (Å²) in [7, 11) is 3.23. The summed E-state index contributed by atoms with van der Waals surface area (Å²) < 4.78 is 34.0. The highest BCUT2D eigenvalue weighted by Gasteiger charge is 2.27. The third-order valence-corrected chi connectivity index (χ3v) is 3.69. The van der Waals surface area contributed by atoms with Crippen LogP contribution in [0.4, 0.5) is 8.78 Å². The van der Waals surface area contributed by atoms with Crippen molar-refractivity contribution in [1.29, 1.82) is 0 Å². The maximum Gasteiger partial charge on any atom is 0.387 e. The van der Waals surface area contributed by atoms with Gasteiger partial charge in [-0.3, -0.25) is 4.79 Å². The van der Waals surface area contributed by atoms with Crippen molar-refractivity contribution in [3.8, 4) is 11.5 Å². The molecule has 0 spiro atoms. The minimum absolute atomic E-state index is 0.0801. The Bertz CT molecular complexity index is 526. The van der Waals surface area contributed by atoms with E-state index in [0.717, 1.165) is 13.0 Å². The van der Waals surface area contributed by atoms with Gasteiger partial charge in [0.25, 0.3) is 5.91 Å². The summed E-state index contributed by atoms with van der Waals surface area (Å²) in [5.41, 5.74) is 0.406. The Kier molecular flexibility index (Phi) is 5.54. The number of halogens is 2. The third-order valence-electron chi connectivity index (χ3n) is 3.69. The number of amides is 1. The van der Waals surface area contributed by atoms with Gasteiger partial charge in [-0.2, -0.15) is 8.78 Å². The summed E-state index contributed by atoms with van der Waals surface area (Å²) in [6, 6.07) is 4.25. The van der Waals surface area contributed by atoms with Crippen molar-refractivity contribution in [3.63, 3.8) is 0 Å². The highest BCUT2D eigenvalue weighted by Crippen LogP contribution is 2.30. The first-order valence-corrected chi connectivity index (χ1v) is 7.12. The number of alkyl halides is 2. The van der Waals surface area contributed by atoms with Crippen molar-refractivity contribution in [3.05, 3.63) is 23.8 Å². The van der Waals surface area contributed by atoms with Crippen LogP contribution in [0.2, 0.25) is 0 Å². The van der Waals surface area contributed by atoms with E-state index < -0.39 is 6.61 Å². The van der Waals surface area contributed by atoms with Crippen LogP contribution in [0.15, 0.2) is 18.2 Å². The predicted molar refractivity (Wildman–Crippen MR) is 77.6 cm³/mol. The average molecular weight is 314 g/mol. The van der Waals surface area contributed by atoms with Crippen molar-refractivity contribution in [2.45, 2.75) is 13.0 Å². The van der Waals surface area contributed by atoms with Crippen molar-refractivity contribution in [2.24, 2.45) is 5.92 Å². The number of ether oxygens (including phenoxy) is 2. The quantitative estimate of drug-likeness (QED) is 0.872. The lowest BCUT2D eigenvalue weighted by Gasteiger charge is -2.18. The zero-order chi connectivity index (χ0) is 16.1. The molecule has 1 saturated heterocycles. The number of methoxy groups -OCH3 is 1. The standard InChI is InChI=1S/C15H20F2N2O3/c1-18-8-10-5-6-19(9-10)14(20)11-3-4-12(22-15(16)17)13(7-11)21-2/h3-4,7,10,15,18H,5-6,8-9H2,1-2H3. The van der Waals surface area contributed by atoms with Crippen LogP contribution in [0.5, 0.6) is 11.5 Å². The maximum atomic E-state index is 12.5. The Morgan fingerprint density at radius 3 is 2.86 bits per heavy atom.